The molecule has 16 heavy (non-hydrogen) atoms. The second-order valence-electron chi connectivity index (χ2n) is 3.75. The van der Waals surface area contributed by atoms with Crippen molar-refractivity contribution in [2.45, 2.75) is 6.17 Å². The van der Waals surface area contributed by atoms with Crippen LogP contribution in [0.3, 0.4) is 0 Å². The molecule has 1 aliphatic heterocycles. The molecule has 1 saturated heterocycles. The molecule has 1 radical (unpaired) electrons. The molecule has 4 nitrogen and oxygen atoms in total. The van der Waals surface area contributed by atoms with Crippen LogP contribution in [0, 0.1) is 0 Å². The smallest absolute Gasteiger partial charge is 0.238 e. The van der Waals surface area contributed by atoms with Crippen LogP contribution < -0.4 is 5.32 Å². The molecule has 2 heterocycles. The Hall–Kier alpha value is -1.20. The van der Waals surface area contributed by atoms with E-state index >= 15 is 0 Å². The SMILES string of the molecule is Oc1nn(C2CSCC[N]2)c2ccccc12. The van der Waals surface area contributed by atoms with E-state index in [9.17, 15) is 5.11 Å². The van der Waals surface area contributed by atoms with Gasteiger partial charge >= 0.3 is 0 Å². The summed E-state index contributed by atoms with van der Waals surface area (Å²) < 4.78 is 1.83. The Labute approximate surface area is 97.6 Å². The predicted molar refractivity (Wildman–Crippen MR) is 64.8 cm³/mol. The molecule has 1 fully saturated rings. The van der Waals surface area contributed by atoms with Gasteiger partial charge in [-0.2, -0.15) is 11.8 Å². The third-order valence-corrected chi connectivity index (χ3v) is 3.72. The Morgan fingerprint density at radius 2 is 2.25 bits per heavy atom. The Balaban J connectivity index is 2.08. The summed E-state index contributed by atoms with van der Waals surface area (Å²) in [6.45, 7) is 0.865. The molecule has 83 valence electrons. The molecule has 1 atom stereocenters. The lowest BCUT2D eigenvalue weighted by Gasteiger charge is -2.22. The lowest BCUT2D eigenvalue weighted by atomic mass is 10.2. The van der Waals surface area contributed by atoms with E-state index < -0.39 is 0 Å². The maximum absolute atomic E-state index is 9.74. The molecule has 1 aromatic heterocycles. The first-order valence-corrected chi connectivity index (χ1v) is 6.42. The summed E-state index contributed by atoms with van der Waals surface area (Å²) in [5.74, 6) is 2.12. The predicted octanol–water partition coefficient (Wildman–Crippen LogP) is 1.59. The van der Waals surface area contributed by atoms with Crippen LogP contribution in [-0.4, -0.2) is 32.9 Å². The largest absolute Gasteiger partial charge is 0.492 e. The highest BCUT2D eigenvalue weighted by Crippen LogP contribution is 2.27. The fourth-order valence-corrected chi connectivity index (χ4v) is 2.81. The number of benzene rings is 1. The summed E-state index contributed by atoms with van der Waals surface area (Å²) in [5, 5.41) is 19.3. The van der Waals surface area contributed by atoms with Gasteiger partial charge in [-0.3, -0.25) is 0 Å². The van der Waals surface area contributed by atoms with Crippen molar-refractivity contribution in [3.63, 3.8) is 0 Å². The molecule has 0 amide bonds. The summed E-state index contributed by atoms with van der Waals surface area (Å²) >= 11 is 1.88. The molecule has 1 aliphatic rings. The number of hydrogen-bond donors (Lipinski definition) is 1. The van der Waals surface area contributed by atoms with Crippen LogP contribution in [0.2, 0.25) is 0 Å². The second-order valence-corrected chi connectivity index (χ2v) is 4.90. The number of hydrogen-bond acceptors (Lipinski definition) is 3. The first-order valence-electron chi connectivity index (χ1n) is 5.27. The van der Waals surface area contributed by atoms with Gasteiger partial charge in [-0.1, -0.05) is 12.1 Å². The number of thioether (sulfide) groups is 1. The molecule has 0 saturated carbocycles. The van der Waals surface area contributed by atoms with Crippen molar-refractivity contribution in [3.05, 3.63) is 24.3 Å². The molecule has 0 spiro atoms. The summed E-state index contributed by atoms with van der Waals surface area (Å²) in [7, 11) is 0. The van der Waals surface area contributed by atoms with Gasteiger partial charge in [0, 0.05) is 18.1 Å². The summed E-state index contributed by atoms with van der Waals surface area (Å²) in [5.41, 5.74) is 0.955. The normalized spacial score (nSPS) is 21.4. The van der Waals surface area contributed by atoms with Gasteiger partial charge in [0.25, 0.3) is 0 Å². The van der Waals surface area contributed by atoms with Crippen molar-refractivity contribution in [2.24, 2.45) is 0 Å². The molecule has 1 unspecified atom stereocenters. The van der Waals surface area contributed by atoms with Crippen LogP contribution in [0.15, 0.2) is 24.3 Å². The number of nitrogens with zero attached hydrogens (tertiary/aromatic N) is 3. The van der Waals surface area contributed by atoms with Crippen LogP contribution in [0.4, 0.5) is 0 Å². The summed E-state index contributed by atoms with van der Waals surface area (Å²) in [6.07, 6.45) is 0.0598. The van der Waals surface area contributed by atoms with E-state index in [1.807, 2.05) is 40.7 Å². The monoisotopic (exact) mass is 234 g/mol. The summed E-state index contributed by atoms with van der Waals surface area (Å²) in [6, 6.07) is 7.71. The third-order valence-electron chi connectivity index (χ3n) is 2.72. The lowest BCUT2D eigenvalue weighted by Crippen LogP contribution is -2.29. The molecule has 0 bridgehead atoms. The van der Waals surface area contributed by atoms with Gasteiger partial charge in [0.05, 0.1) is 10.9 Å². The van der Waals surface area contributed by atoms with E-state index in [1.165, 1.54) is 0 Å². The van der Waals surface area contributed by atoms with Crippen LogP contribution in [0.5, 0.6) is 5.88 Å². The zero-order valence-electron chi connectivity index (χ0n) is 8.71. The first kappa shape index (κ1) is 9.99. The molecule has 1 aromatic carbocycles. The van der Waals surface area contributed by atoms with Crippen molar-refractivity contribution in [3.8, 4) is 5.88 Å². The van der Waals surface area contributed by atoms with Crippen molar-refractivity contribution in [1.82, 2.24) is 15.1 Å². The van der Waals surface area contributed by atoms with Crippen LogP contribution in [0.1, 0.15) is 6.17 Å². The fourth-order valence-electron chi connectivity index (χ4n) is 1.96. The van der Waals surface area contributed by atoms with Gasteiger partial charge in [0.15, 0.2) is 0 Å². The van der Waals surface area contributed by atoms with Crippen molar-refractivity contribution < 1.29 is 5.11 Å². The van der Waals surface area contributed by atoms with Gasteiger partial charge in [-0.05, 0) is 12.1 Å². The van der Waals surface area contributed by atoms with Crippen LogP contribution in [-0.2, 0) is 0 Å². The van der Waals surface area contributed by atoms with Gasteiger partial charge in [-0.25, -0.2) is 10.00 Å². The fraction of sp³-hybridized carbons (Fsp3) is 0.364. The van der Waals surface area contributed by atoms with E-state index in [2.05, 4.69) is 10.4 Å². The minimum atomic E-state index is 0.0598. The summed E-state index contributed by atoms with van der Waals surface area (Å²) in [4.78, 5) is 0. The highest BCUT2D eigenvalue weighted by Gasteiger charge is 2.20. The van der Waals surface area contributed by atoms with Crippen molar-refractivity contribution in [1.29, 1.82) is 0 Å². The molecular formula is C11H12N3OS. The van der Waals surface area contributed by atoms with E-state index in [0.717, 1.165) is 29.0 Å². The van der Waals surface area contributed by atoms with Crippen molar-refractivity contribution in [2.75, 3.05) is 18.1 Å². The topological polar surface area (TPSA) is 52.2 Å². The Kier molecular flexibility index (Phi) is 2.49. The maximum atomic E-state index is 9.74. The van der Waals surface area contributed by atoms with Crippen LogP contribution >= 0.6 is 11.8 Å². The highest BCUT2D eigenvalue weighted by atomic mass is 32.2. The third kappa shape index (κ3) is 1.56. The van der Waals surface area contributed by atoms with E-state index in [4.69, 9.17) is 0 Å². The Morgan fingerprint density at radius 1 is 1.38 bits per heavy atom. The van der Waals surface area contributed by atoms with Gasteiger partial charge in [0.1, 0.15) is 6.17 Å². The first-order chi connectivity index (χ1) is 7.86. The molecule has 3 rings (SSSR count). The van der Waals surface area contributed by atoms with Crippen molar-refractivity contribution >= 4 is 22.7 Å². The average molecular weight is 234 g/mol. The standard InChI is InChI=1S/C11H12N3OS/c15-11-8-3-1-2-4-9(8)14(13-11)10-7-16-6-5-12-10/h1-4,10H,5-7H2,(H,13,15). The highest BCUT2D eigenvalue weighted by molar-refractivity contribution is 7.99. The van der Waals surface area contributed by atoms with E-state index in [0.29, 0.717) is 0 Å². The second kappa shape index (κ2) is 3.99. The average Bonchev–Trinajstić information content (AvgIpc) is 2.69. The molecule has 1 N–H and O–H groups in total. The Morgan fingerprint density at radius 3 is 3.06 bits per heavy atom. The number of rotatable bonds is 1. The number of aromatic nitrogens is 2. The quantitative estimate of drug-likeness (QED) is 0.815. The molecule has 2 aromatic rings. The lowest BCUT2D eigenvalue weighted by molar-refractivity contribution is 0.385. The number of para-hydroxylation sites is 1. The van der Waals surface area contributed by atoms with Crippen LogP contribution in [0.25, 0.3) is 10.9 Å². The maximum Gasteiger partial charge on any atom is 0.238 e. The molecular weight excluding hydrogens is 222 g/mol. The van der Waals surface area contributed by atoms with Gasteiger partial charge in [-0.15, -0.1) is 5.10 Å². The Bertz CT molecular complexity index is 505. The van der Waals surface area contributed by atoms with E-state index in [-0.39, 0.29) is 12.0 Å². The molecule has 5 heteroatoms. The zero-order chi connectivity index (χ0) is 11.0. The van der Waals surface area contributed by atoms with Gasteiger partial charge < -0.3 is 5.11 Å². The zero-order valence-corrected chi connectivity index (χ0v) is 9.52. The minimum absolute atomic E-state index is 0.0598. The molecule has 0 aliphatic carbocycles. The minimum Gasteiger partial charge on any atom is -0.492 e. The van der Waals surface area contributed by atoms with E-state index in [1.54, 1.807) is 0 Å². The number of aromatic hydroxyl groups is 1. The number of fused-ring (bicyclic) bond motifs is 1. The van der Waals surface area contributed by atoms with Gasteiger partial charge in [0.2, 0.25) is 5.88 Å².